The standard InChI is InChI=1S/C49H69Br2N7O17/c1-28-33(74-38-27-72-16-12-55-38)8-9-39(73-28)75-35-24-49(66,23-30-41(35)47(64)43-42(45(30)62)44(61)29-5-3-6-34(67-2)40(29)46(43)63)48(65)57-56-37(60)10-14-68-17-19-70-21-22-71-20-18-69-15-11-54-36(59)7-4-13-58(53)32(26-51)31(52)25-50/h3,5-6,28,33,35,38-39,55,62,64,66H,4,7-27,52-53H2,1-2H3,(H,54,59)(H,56,60)(H,57,65)/b32-31-/t28-,33-,35-,38?,39?,49-/m0/s1. The fourth-order valence-electron chi connectivity index (χ4n) is 8.99. The number of methoxy groups -OCH3 is 1. The van der Waals surface area contributed by atoms with E-state index in [-0.39, 0.29) is 85.5 Å². The molecule has 2 aromatic carbocycles. The molecular formula is C49H69Br2N7O17. The summed E-state index contributed by atoms with van der Waals surface area (Å²) in [5, 5.41) is 44.5. The Bertz CT molecular complexity index is 2340. The highest BCUT2D eigenvalue weighted by atomic mass is 79.9. The number of hydrogen-bond acceptors (Lipinski definition) is 21. The molecule has 75 heavy (non-hydrogen) atoms. The number of ether oxygens (including phenoxy) is 9. The summed E-state index contributed by atoms with van der Waals surface area (Å²) in [6.07, 6.45) is -3.25. The maximum Gasteiger partial charge on any atom is 0.270 e. The van der Waals surface area contributed by atoms with E-state index in [1.807, 2.05) is 0 Å². The van der Waals surface area contributed by atoms with Gasteiger partial charge in [0.05, 0.1) is 120 Å². The third kappa shape index (κ3) is 15.8. The Balaban J connectivity index is 0.922. The van der Waals surface area contributed by atoms with Crippen LogP contribution in [0.3, 0.4) is 0 Å². The molecule has 2 aliphatic heterocycles. The zero-order valence-electron chi connectivity index (χ0n) is 42.1. The minimum atomic E-state index is -2.40. The third-order valence-corrected chi connectivity index (χ3v) is 14.0. The molecule has 0 aromatic heterocycles. The van der Waals surface area contributed by atoms with Crippen LogP contribution in [0.2, 0.25) is 0 Å². The fourth-order valence-corrected chi connectivity index (χ4v) is 10.00. The number of nitrogens with two attached hydrogens (primary N) is 2. The van der Waals surface area contributed by atoms with Crippen LogP contribution < -0.4 is 37.8 Å². The molecule has 0 saturated carbocycles. The van der Waals surface area contributed by atoms with Gasteiger partial charge < -0.3 is 74.0 Å². The second-order valence-corrected chi connectivity index (χ2v) is 19.2. The molecule has 11 N–H and O–H groups in total. The average molecular weight is 1190 g/mol. The Morgan fingerprint density at radius 2 is 1.57 bits per heavy atom. The largest absolute Gasteiger partial charge is 0.507 e. The van der Waals surface area contributed by atoms with Crippen molar-refractivity contribution in [2.24, 2.45) is 11.6 Å². The monoisotopic (exact) mass is 1190 g/mol. The molecule has 2 saturated heterocycles. The van der Waals surface area contributed by atoms with Crippen LogP contribution in [-0.2, 0) is 58.7 Å². The number of morpholine rings is 1. The van der Waals surface area contributed by atoms with Crippen molar-refractivity contribution in [3.8, 4) is 17.2 Å². The summed E-state index contributed by atoms with van der Waals surface area (Å²) < 4.78 is 51.7. The lowest BCUT2D eigenvalue weighted by atomic mass is 9.72. The topological polar surface area (TPSA) is 333 Å². The highest BCUT2D eigenvalue weighted by molar-refractivity contribution is 9.09. The lowest BCUT2D eigenvalue weighted by molar-refractivity contribution is -0.258. The first-order chi connectivity index (χ1) is 36.1. The number of hydrogen-bond donors (Lipinski definition) is 9. The highest BCUT2D eigenvalue weighted by Crippen LogP contribution is 2.52. The van der Waals surface area contributed by atoms with Crippen molar-refractivity contribution in [3.63, 3.8) is 0 Å². The van der Waals surface area contributed by atoms with Crippen molar-refractivity contribution in [2.75, 3.05) is 103 Å². The third-order valence-electron chi connectivity index (χ3n) is 12.9. The van der Waals surface area contributed by atoms with Crippen LogP contribution in [0.1, 0.15) is 94.5 Å². The predicted molar refractivity (Wildman–Crippen MR) is 274 cm³/mol. The van der Waals surface area contributed by atoms with Crippen molar-refractivity contribution in [2.45, 2.75) is 88.3 Å². The van der Waals surface area contributed by atoms with Crippen molar-refractivity contribution in [3.05, 3.63) is 63.0 Å². The number of ketones is 2. The molecule has 2 heterocycles. The first kappa shape index (κ1) is 59.7. The summed E-state index contributed by atoms with van der Waals surface area (Å²) in [6, 6.07) is 4.38. The summed E-state index contributed by atoms with van der Waals surface area (Å²) in [7, 11) is 1.33. The van der Waals surface area contributed by atoms with Gasteiger partial charge in [0, 0.05) is 78.4 Å². The van der Waals surface area contributed by atoms with Gasteiger partial charge >= 0.3 is 0 Å². The van der Waals surface area contributed by atoms with Gasteiger partial charge in [-0.05, 0) is 25.8 Å². The number of carbonyl (C=O) groups excluding carboxylic acids is 5. The number of phenolic OH excluding ortho intramolecular Hbond substituents is 2. The predicted octanol–water partition coefficient (Wildman–Crippen LogP) is 1.11. The molecule has 2 fully saturated rings. The van der Waals surface area contributed by atoms with E-state index in [2.05, 4.69) is 53.3 Å². The smallest absolute Gasteiger partial charge is 0.270 e. The first-order valence-corrected chi connectivity index (χ1v) is 27.0. The minimum absolute atomic E-state index is 0.0289. The molecule has 2 aromatic rings. The number of allylic oxidation sites excluding steroid dienone is 2. The number of carbonyl (C=O) groups is 5. The van der Waals surface area contributed by atoms with Crippen LogP contribution in [0, 0.1) is 0 Å². The molecule has 6 atom stereocenters. The quantitative estimate of drug-likeness (QED) is 0.0162. The van der Waals surface area contributed by atoms with E-state index in [0.29, 0.717) is 94.9 Å². The number of alkyl halides is 2. The van der Waals surface area contributed by atoms with E-state index in [1.165, 1.54) is 30.3 Å². The second kappa shape index (κ2) is 29.3. The van der Waals surface area contributed by atoms with Gasteiger partial charge in [-0.3, -0.25) is 40.1 Å². The molecule has 4 aliphatic rings. The lowest BCUT2D eigenvalue weighted by Crippen LogP contribution is -2.56. The SMILES string of the molecule is COc1cccc2c1C(=O)c1c(O)c3c(c(O)c1C2=O)C[C@@](O)(C(=O)NNC(=O)CCOCCOCCOCCOCCNC(=O)CCCN(N)/C(CBr)=C(\N)CBr)C[C@@H]3OC1CC[C@H](OC2COCCN2)[C@H](C)O1. The molecule has 0 radical (unpaired) electrons. The molecule has 6 rings (SSSR count). The second-order valence-electron chi connectivity index (χ2n) is 18.0. The van der Waals surface area contributed by atoms with Gasteiger partial charge in [0.15, 0.2) is 17.7 Å². The Labute approximate surface area is 451 Å². The summed E-state index contributed by atoms with van der Waals surface area (Å²) in [5.74, 6) is 1.33. The summed E-state index contributed by atoms with van der Waals surface area (Å²) in [6.45, 7) is 6.14. The Kier molecular flexibility index (Phi) is 23.3. The number of phenols is 2. The number of hydrazine groups is 2. The molecule has 416 valence electrons. The molecule has 0 bridgehead atoms. The minimum Gasteiger partial charge on any atom is -0.507 e. The van der Waals surface area contributed by atoms with Crippen LogP contribution >= 0.6 is 31.9 Å². The van der Waals surface area contributed by atoms with Crippen molar-refractivity contribution < 1.29 is 81.9 Å². The number of benzene rings is 2. The van der Waals surface area contributed by atoms with Crippen LogP contribution in [0.5, 0.6) is 17.2 Å². The average Bonchev–Trinajstić information content (AvgIpc) is 3.42. The van der Waals surface area contributed by atoms with Gasteiger partial charge in [-0.2, -0.15) is 0 Å². The summed E-state index contributed by atoms with van der Waals surface area (Å²) >= 11 is 6.68. The van der Waals surface area contributed by atoms with Crippen LogP contribution in [0.25, 0.3) is 0 Å². The fraction of sp³-hybridized carbons (Fsp3) is 0.612. The van der Waals surface area contributed by atoms with Gasteiger partial charge in [-0.25, -0.2) is 5.84 Å². The van der Waals surface area contributed by atoms with Gasteiger partial charge in [-0.15, -0.1) is 0 Å². The van der Waals surface area contributed by atoms with Crippen molar-refractivity contribution >= 4 is 61.1 Å². The maximum atomic E-state index is 14.1. The number of halogens is 2. The van der Waals surface area contributed by atoms with E-state index >= 15 is 0 Å². The highest BCUT2D eigenvalue weighted by Gasteiger charge is 2.50. The van der Waals surface area contributed by atoms with Crippen molar-refractivity contribution in [1.82, 2.24) is 26.5 Å². The van der Waals surface area contributed by atoms with Gasteiger partial charge in [-0.1, -0.05) is 44.0 Å². The van der Waals surface area contributed by atoms with E-state index in [4.69, 9.17) is 54.2 Å². The van der Waals surface area contributed by atoms with Crippen molar-refractivity contribution in [1.29, 1.82) is 0 Å². The number of amides is 3. The number of fused-ring (bicyclic) bond motifs is 3. The number of aliphatic hydroxyl groups is 1. The lowest BCUT2D eigenvalue weighted by Gasteiger charge is -2.42. The number of nitrogens with zero attached hydrogens (tertiary/aromatic N) is 1. The molecule has 2 unspecified atom stereocenters. The van der Waals surface area contributed by atoms with Crippen LogP contribution in [0.15, 0.2) is 29.6 Å². The van der Waals surface area contributed by atoms with Gasteiger partial charge in [0.1, 0.15) is 23.5 Å². The molecule has 24 nitrogen and oxygen atoms in total. The number of nitrogens with one attached hydrogen (secondary N) is 4. The Morgan fingerprint density at radius 1 is 0.880 bits per heavy atom. The Hall–Kier alpha value is -4.55. The first-order valence-electron chi connectivity index (χ1n) is 24.8. The zero-order chi connectivity index (χ0) is 54.1. The van der Waals surface area contributed by atoms with E-state index in [1.54, 1.807) is 6.92 Å². The Morgan fingerprint density at radius 3 is 2.23 bits per heavy atom. The summed E-state index contributed by atoms with van der Waals surface area (Å²) in [4.78, 5) is 66.9. The van der Waals surface area contributed by atoms with Gasteiger partial charge in [0.25, 0.3) is 5.91 Å². The maximum absolute atomic E-state index is 14.1. The molecule has 26 heteroatoms. The zero-order valence-corrected chi connectivity index (χ0v) is 45.3. The number of rotatable bonds is 28. The van der Waals surface area contributed by atoms with Gasteiger partial charge in [0.2, 0.25) is 17.6 Å². The summed E-state index contributed by atoms with van der Waals surface area (Å²) in [5.41, 5.74) is 7.96. The van der Waals surface area contributed by atoms with E-state index in [0.717, 1.165) is 5.70 Å². The van der Waals surface area contributed by atoms with E-state index < -0.39 is 82.9 Å². The molecule has 2 aliphatic carbocycles. The molecule has 3 amide bonds. The molecule has 0 spiro atoms. The normalized spacial score (nSPS) is 22.6. The van der Waals surface area contributed by atoms with Crippen LogP contribution in [0.4, 0.5) is 0 Å². The van der Waals surface area contributed by atoms with E-state index in [9.17, 15) is 39.3 Å². The molecular weight excluding hydrogens is 1120 g/mol. The number of aromatic hydroxyl groups is 2. The van der Waals surface area contributed by atoms with Crippen LogP contribution in [-0.4, -0.2) is 183 Å².